The fourth-order valence-electron chi connectivity index (χ4n) is 0.915. The summed E-state index contributed by atoms with van der Waals surface area (Å²) in [6, 6.07) is 6.52. The van der Waals surface area contributed by atoms with Crippen molar-refractivity contribution in [3.05, 3.63) is 24.3 Å². The van der Waals surface area contributed by atoms with Crippen molar-refractivity contribution in [2.45, 2.75) is 0 Å². The summed E-state index contributed by atoms with van der Waals surface area (Å²) in [6.45, 7) is -0.0592. The van der Waals surface area contributed by atoms with Crippen LogP contribution in [0.3, 0.4) is 0 Å². The van der Waals surface area contributed by atoms with Crippen LogP contribution in [0.2, 0.25) is 0 Å². The second-order valence-corrected chi connectivity index (χ2v) is 2.56. The van der Waals surface area contributed by atoms with Gasteiger partial charge in [0.25, 0.3) is 0 Å². The standard InChI is InChI=1S/C9H10N2O3/c12-6-11-9(14)5-10-7-3-1-2-4-8(7)13/h1-4,6,10,13H,5H2,(H,11,12,14). The molecule has 0 radical (unpaired) electrons. The van der Waals surface area contributed by atoms with Gasteiger partial charge in [-0.3, -0.25) is 14.9 Å². The van der Waals surface area contributed by atoms with E-state index in [1.54, 1.807) is 18.2 Å². The van der Waals surface area contributed by atoms with E-state index in [2.05, 4.69) is 5.32 Å². The average Bonchev–Trinajstić information content (AvgIpc) is 2.17. The molecule has 0 atom stereocenters. The van der Waals surface area contributed by atoms with Crippen LogP contribution in [0, 0.1) is 0 Å². The Morgan fingerprint density at radius 1 is 1.43 bits per heavy atom. The van der Waals surface area contributed by atoms with Gasteiger partial charge in [-0.05, 0) is 12.1 Å². The minimum absolute atomic E-state index is 0.0592. The summed E-state index contributed by atoms with van der Waals surface area (Å²) in [5.41, 5.74) is 0.452. The zero-order valence-electron chi connectivity index (χ0n) is 7.36. The summed E-state index contributed by atoms with van der Waals surface area (Å²) < 4.78 is 0. The predicted molar refractivity (Wildman–Crippen MR) is 50.8 cm³/mol. The third-order valence-corrected chi connectivity index (χ3v) is 1.56. The maximum atomic E-state index is 10.8. The predicted octanol–water partition coefficient (Wildman–Crippen LogP) is 0.0767. The maximum Gasteiger partial charge on any atom is 0.245 e. The van der Waals surface area contributed by atoms with E-state index in [-0.39, 0.29) is 12.3 Å². The first-order valence-corrected chi connectivity index (χ1v) is 3.99. The number of carbonyl (C=O) groups is 2. The molecule has 0 bridgehead atoms. The Morgan fingerprint density at radius 2 is 2.14 bits per heavy atom. The highest BCUT2D eigenvalue weighted by atomic mass is 16.3. The van der Waals surface area contributed by atoms with Crippen molar-refractivity contribution < 1.29 is 14.7 Å². The number of phenols is 1. The molecule has 0 saturated heterocycles. The quantitative estimate of drug-likeness (QED) is 0.468. The van der Waals surface area contributed by atoms with Crippen LogP contribution in [0.5, 0.6) is 5.75 Å². The largest absolute Gasteiger partial charge is 0.506 e. The second kappa shape index (κ2) is 4.86. The molecule has 0 aliphatic heterocycles. The van der Waals surface area contributed by atoms with Crippen molar-refractivity contribution in [1.29, 1.82) is 0 Å². The Balaban J connectivity index is 2.49. The topological polar surface area (TPSA) is 78.4 Å². The monoisotopic (exact) mass is 194 g/mol. The average molecular weight is 194 g/mol. The highest BCUT2D eigenvalue weighted by Crippen LogP contribution is 2.20. The lowest BCUT2D eigenvalue weighted by Gasteiger charge is -2.06. The molecule has 2 amide bonds. The van der Waals surface area contributed by atoms with Crippen LogP contribution in [-0.4, -0.2) is 24.0 Å². The van der Waals surface area contributed by atoms with E-state index >= 15 is 0 Å². The summed E-state index contributed by atoms with van der Waals surface area (Å²) >= 11 is 0. The van der Waals surface area contributed by atoms with Crippen LogP contribution in [0.25, 0.3) is 0 Å². The van der Waals surface area contributed by atoms with Crippen LogP contribution in [0.1, 0.15) is 0 Å². The SMILES string of the molecule is O=CNC(=O)CNc1ccccc1O. The van der Waals surface area contributed by atoms with Gasteiger partial charge in [-0.1, -0.05) is 12.1 Å². The second-order valence-electron chi connectivity index (χ2n) is 2.56. The molecule has 1 rings (SSSR count). The van der Waals surface area contributed by atoms with Gasteiger partial charge in [0.05, 0.1) is 12.2 Å². The van der Waals surface area contributed by atoms with Crippen LogP contribution >= 0.6 is 0 Å². The minimum atomic E-state index is -0.455. The number of imide groups is 1. The normalized spacial score (nSPS) is 9.14. The van der Waals surface area contributed by atoms with Crippen molar-refractivity contribution in [3.8, 4) is 5.75 Å². The van der Waals surface area contributed by atoms with E-state index in [1.807, 2.05) is 5.32 Å². The number of nitrogens with one attached hydrogen (secondary N) is 2. The summed E-state index contributed by atoms with van der Waals surface area (Å²) in [7, 11) is 0. The molecule has 0 unspecified atom stereocenters. The van der Waals surface area contributed by atoms with E-state index in [0.717, 1.165) is 0 Å². The Morgan fingerprint density at radius 3 is 2.79 bits per heavy atom. The summed E-state index contributed by atoms with van der Waals surface area (Å²) in [5, 5.41) is 13.9. The number of carbonyl (C=O) groups excluding carboxylic acids is 2. The molecule has 1 aromatic rings. The Bertz CT molecular complexity index is 339. The zero-order valence-corrected chi connectivity index (χ0v) is 7.36. The van der Waals surface area contributed by atoms with Crippen LogP contribution in [0.15, 0.2) is 24.3 Å². The van der Waals surface area contributed by atoms with Gasteiger partial charge >= 0.3 is 0 Å². The van der Waals surface area contributed by atoms with Gasteiger partial charge in [-0.15, -0.1) is 0 Å². The number of phenolic OH excluding ortho intramolecular Hbond substituents is 1. The number of para-hydroxylation sites is 2. The van der Waals surface area contributed by atoms with Crippen molar-refractivity contribution in [3.63, 3.8) is 0 Å². The molecule has 1 aromatic carbocycles. The highest BCUT2D eigenvalue weighted by molar-refractivity contribution is 5.89. The molecule has 14 heavy (non-hydrogen) atoms. The summed E-state index contributed by atoms with van der Waals surface area (Å²) in [5.74, 6) is -0.394. The van der Waals surface area contributed by atoms with Gasteiger partial charge in [-0.25, -0.2) is 0 Å². The fourth-order valence-corrected chi connectivity index (χ4v) is 0.915. The molecule has 0 heterocycles. The third-order valence-electron chi connectivity index (χ3n) is 1.56. The van der Waals surface area contributed by atoms with E-state index in [9.17, 15) is 14.7 Å². The van der Waals surface area contributed by atoms with Gasteiger partial charge in [0.2, 0.25) is 12.3 Å². The number of hydrogen-bond acceptors (Lipinski definition) is 4. The lowest BCUT2D eigenvalue weighted by Crippen LogP contribution is -2.28. The molecule has 0 aliphatic rings. The number of benzene rings is 1. The lowest BCUT2D eigenvalue weighted by molar-refractivity contribution is -0.123. The molecular weight excluding hydrogens is 184 g/mol. The molecule has 0 fully saturated rings. The molecule has 0 aliphatic carbocycles. The fraction of sp³-hybridized carbons (Fsp3) is 0.111. The number of amides is 2. The highest BCUT2D eigenvalue weighted by Gasteiger charge is 2.01. The zero-order chi connectivity index (χ0) is 10.4. The van der Waals surface area contributed by atoms with Crippen molar-refractivity contribution >= 4 is 18.0 Å². The van der Waals surface area contributed by atoms with Gasteiger partial charge < -0.3 is 10.4 Å². The third kappa shape index (κ3) is 2.78. The Kier molecular flexibility index (Phi) is 3.49. The summed E-state index contributed by atoms with van der Waals surface area (Å²) in [4.78, 5) is 20.7. The van der Waals surface area contributed by atoms with Crippen molar-refractivity contribution in [2.24, 2.45) is 0 Å². The van der Waals surface area contributed by atoms with Gasteiger partial charge in [0.15, 0.2) is 0 Å². The molecule has 0 saturated carbocycles. The number of anilines is 1. The van der Waals surface area contributed by atoms with E-state index in [4.69, 9.17) is 0 Å². The van der Waals surface area contributed by atoms with Gasteiger partial charge in [-0.2, -0.15) is 0 Å². The first kappa shape index (κ1) is 10.0. The summed E-state index contributed by atoms with van der Waals surface area (Å²) in [6.07, 6.45) is 0.314. The van der Waals surface area contributed by atoms with Crippen LogP contribution in [-0.2, 0) is 9.59 Å². The molecule has 3 N–H and O–H groups in total. The lowest BCUT2D eigenvalue weighted by atomic mass is 10.3. The first-order chi connectivity index (χ1) is 6.74. The van der Waals surface area contributed by atoms with Crippen LogP contribution < -0.4 is 10.6 Å². The van der Waals surface area contributed by atoms with Gasteiger partial charge in [0, 0.05) is 0 Å². The van der Waals surface area contributed by atoms with E-state index < -0.39 is 5.91 Å². The Hall–Kier alpha value is -2.04. The van der Waals surface area contributed by atoms with E-state index in [0.29, 0.717) is 12.1 Å². The minimum Gasteiger partial charge on any atom is -0.506 e. The maximum absolute atomic E-state index is 10.8. The molecule has 74 valence electrons. The van der Waals surface area contributed by atoms with Crippen LogP contribution in [0.4, 0.5) is 5.69 Å². The van der Waals surface area contributed by atoms with Crippen molar-refractivity contribution in [2.75, 3.05) is 11.9 Å². The Labute approximate surface area is 80.7 Å². The molecule has 5 nitrogen and oxygen atoms in total. The number of rotatable bonds is 4. The number of aromatic hydroxyl groups is 1. The van der Waals surface area contributed by atoms with E-state index in [1.165, 1.54) is 6.07 Å². The molecule has 0 spiro atoms. The molecule has 5 heteroatoms. The van der Waals surface area contributed by atoms with Crippen molar-refractivity contribution in [1.82, 2.24) is 5.32 Å². The first-order valence-electron chi connectivity index (χ1n) is 3.99. The number of hydrogen-bond donors (Lipinski definition) is 3. The molecular formula is C9H10N2O3. The smallest absolute Gasteiger partial charge is 0.245 e. The molecule has 0 aromatic heterocycles. The van der Waals surface area contributed by atoms with Gasteiger partial charge in [0.1, 0.15) is 5.75 Å².